The molecule has 3 aromatic rings. The Labute approximate surface area is 153 Å². The van der Waals surface area contributed by atoms with Crippen LogP contribution in [0.4, 0.5) is 10.1 Å². The summed E-state index contributed by atoms with van der Waals surface area (Å²) >= 11 is 0. The topological polar surface area (TPSA) is 124 Å². The van der Waals surface area contributed by atoms with Crippen LogP contribution in [0.1, 0.15) is 10.4 Å². The Morgan fingerprint density at radius 2 is 1.89 bits per heavy atom. The number of hydrogen-bond donors (Lipinski definition) is 4. The predicted molar refractivity (Wildman–Crippen MR) is 98.7 cm³/mol. The summed E-state index contributed by atoms with van der Waals surface area (Å²) in [6, 6.07) is 7.74. The Bertz CT molecular complexity index is 1200. The third-order valence-electron chi connectivity index (χ3n) is 3.67. The summed E-state index contributed by atoms with van der Waals surface area (Å²) in [4.78, 5) is 28.2. The highest BCUT2D eigenvalue weighted by molar-refractivity contribution is 7.89. The van der Waals surface area contributed by atoms with E-state index in [0.29, 0.717) is 16.7 Å². The number of amides is 1. The molecule has 0 fully saturated rings. The molecule has 1 aromatic heterocycles. The van der Waals surface area contributed by atoms with Crippen LogP contribution in [0.3, 0.4) is 0 Å². The van der Waals surface area contributed by atoms with Crippen LogP contribution in [0.2, 0.25) is 0 Å². The van der Waals surface area contributed by atoms with E-state index in [1.54, 1.807) is 12.1 Å². The standard InChI is InChI=1S/C17H15FN4O4S/c1-2-7-19-27(25,26)15-8-10(3-5-12(15)18)16(23)20-11-4-6-13-14(9-11)22-17(24)21-13/h2-6,8-9,19H,1,7H2,(H,20,23)(H2,21,22,24). The number of hydrogen-bond acceptors (Lipinski definition) is 4. The number of aromatic nitrogens is 2. The number of anilines is 1. The molecule has 27 heavy (non-hydrogen) atoms. The fraction of sp³-hybridized carbons (Fsp3) is 0.0588. The van der Waals surface area contributed by atoms with Crippen molar-refractivity contribution in [1.82, 2.24) is 14.7 Å². The number of aromatic amines is 2. The lowest BCUT2D eigenvalue weighted by molar-refractivity contribution is 0.102. The number of fused-ring (bicyclic) bond motifs is 1. The van der Waals surface area contributed by atoms with Gasteiger partial charge in [-0.1, -0.05) is 6.08 Å². The monoisotopic (exact) mass is 390 g/mol. The molecule has 0 aliphatic heterocycles. The summed E-state index contributed by atoms with van der Waals surface area (Å²) in [5.74, 6) is -1.61. The Morgan fingerprint density at radius 3 is 2.63 bits per heavy atom. The van der Waals surface area contributed by atoms with E-state index >= 15 is 0 Å². The van der Waals surface area contributed by atoms with Crippen LogP contribution < -0.4 is 15.7 Å². The molecule has 0 unspecified atom stereocenters. The van der Waals surface area contributed by atoms with Gasteiger partial charge in [0.25, 0.3) is 5.91 Å². The molecule has 0 saturated heterocycles. The van der Waals surface area contributed by atoms with Crippen molar-refractivity contribution in [3.05, 3.63) is 70.9 Å². The molecule has 1 amide bonds. The molecule has 1 heterocycles. The van der Waals surface area contributed by atoms with E-state index in [2.05, 4.69) is 26.6 Å². The lowest BCUT2D eigenvalue weighted by Gasteiger charge is -2.09. The fourth-order valence-corrected chi connectivity index (χ4v) is 3.51. The molecule has 0 aliphatic rings. The fourth-order valence-electron chi connectivity index (χ4n) is 2.41. The van der Waals surface area contributed by atoms with Crippen molar-refractivity contribution in [2.45, 2.75) is 4.90 Å². The maximum atomic E-state index is 13.9. The summed E-state index contributed by atoms with van der Waals surface area (Å²) in [6.07, 6.45) is 1.31. The van der Waals surface area contributed by atoms with Gasteiger partial charge < -0.3 is 15.3 Å². The molecule has 0 bridgehead atoms. The molecule has 2 aromatic carbocycles. The van der Waals surface area contributed by atoms with Crippen molar-refractivity contribution in [2.75, 3.05) is 11.9 Å². The van der Waals surface area contributed by atoms with Crippen LogP contribution in [0.15, 0.2) is 58.7 Å². The van der Waals surface area contributed by atoms with Gasteiger partial charge in [-0.25, -0.2) is 22.3 Å². The average molecular weight is 390 g/mol. The Balaban J connectivity index is 1.88. The van der Waals surface area contributed by atoms with Gasteiger partial charge in [0.15, 0.2) is 0 Å². The van der Waals surface area contributed by atoms with E-state index in [0.717, 1.165) is 12.1 Å². The van der Waals surface area contributed by atoms with Gasteiger partial charge in [0.1, 0.15) is 10.7 Å². The number of halogens is 1. The van der Waals surface area contributed by atoms with Crippen LogP contribution in [0.25, 0.3) is 11.0 Å². The molecule has 4 N–H and O–H groups in total. The molecule has 0 saturated carbocycles. The summed E-state index contributed by atoms with van der Waals surface area (Å²) in [7, 11) is -4.13. The highest BCUT2D eigenvalue weighted by Gasteiger charge is 2.20. The van der Waals surface area contributed by atoms with E-state index in [4.69, 9.17) is 0 Å². The van der Waals surface area contributed by atoms with Crippen molar-refractivity contribution in [1.29, 1.82) is 0 Å². The normalized spacial score (nSPS) is 11.4. The highest BCUT2D eigenvalue weighted by Crippen LogP contribution is 2.19. The zero-order valence-corrected chi connectivity index (χ0v) is 14.7. The number of carbonyl (C=O) groups excluding carboxylic acids is 1. The quantitative estimate of drug-likeness (QED) is 0.478. The first-order chi connectivity index (χ1) is 12.8. The van der Waals surface area contributed by atoms with Crippen LogP contribution >= 0.6 is 0 Å². The van der Waals surface area contributed by atoms with Crippen LogP contribution in [-0.4, -0.2) is 30.8 Å². The van der Waals surface area contributed by atoms with Crippen molar-refractivity contribution >= 4 is 32.7 Å². The van der Waals surface area contributed by atoms with Crippen molar-refractivity contribution in [3.8, 4) is 0 Å². The molecule has 0 radical (unpaired) electrons. The average Bonchev–Trinajstić information content (AvgIpc) is 2.99. The lowest BCUT2D eigenvalue weighted by Crippen LogP contribution is -2.25. The Hall–Kier alpha value is -3.24. The first kappa shape index (κ1) is 18.5. The summed E-state index contributed by atoms with van der Waals surface area (Å²) in [5.41, 5.74) is 1.02. The van der Waals surface area contributed by atoms with Gasteiger partial charge >= 0.3 is 5.69 Å². The van der Waals surface area contributed by atoms with Gasteiger partial charge in [0.05, 0.1) is 11.0 Å². The van der Waals surface area contributed by atoms with E-state index in [-0.39, 0.29) is 17.8 Å². The van der Waals surface area contributed by atoms with Crippen molar-refractivity contribution in [2.24, 2.45) is 0 Å². The lowest BCUT2D eigenvalue weighted by atomic mass is 10.2. The maximum Gasteiger partial charge on any atom is 0.323 e. The molecule has 0 atom stereocenters. The second-order valence-corrected chi connectivity index (χ2v) is 7.31. The van der Waals surface area contributed by atoms with Crippen molar-refractivity contribution < 1.29 is 17.6 Å². The van der Waals surface area contributed by atoms with Gasteiger partial charge in [-0.15, -0.1) is 6.58 Å². The predicted octanol–water partition coefficient (Wildman–Crippen LogP) is 1.71. The van der Waals surface area contributed by atoms with E-state index in [1.807, 2.05) is 0 Å². The maximum absolute atomic E-state index is 13.9. The van der Waals surface area contributed by atoms with E-state index < -0.39 is 26.6 Å². The third-order valence-corrected chi connectivity index (χ3v) is 5.11. The summed E-state index contributed by atoms with van der Waals surface area (Å²) in [6.45, 7) is 3.31. The number of rotatable bonds is 6. The second kappa shape index (κ2) is 7.17. The summed E-state index contributed by atoms with van der Waals surface area (Å²) in [5, 5.41) is 2.57. The minimum atomic E-state index is -4.13. The van der Waals surface area contributed by atoms with Crippen LogP contribution in [0, 0.1) is 5.82 Å². The minimum absolute atomic E-state index is 0.0435. The molecule has 10 heteroatoms. The van der Waals surface area contributed by atoms with Gasteiger partial charge in [0, 0.05) is 17.8 Å². The van der Waals surface area contributed by atoms with Gasteiger partial charge in [-0.3, -0.25) is 4.79 Å². The molecule has 8 nitrogen and oxygen atoms in total. The first-order valence-corrected chi connectivity index (χ1v) is 9.22. The molecule has 0 aliphatic carbocycles. The zero-order valence-electron chi connectivity index (χ0n) is 13.9. The zero-order chi connectivity index (χ0) is 19.6. The molecule has 3 rings (SSSR count). The Morgan fingerprint density at radius 1 is 1.15 bits per heavy atom. The smallest absolute Gasteiger partial charge is 0.322 e. The number of carbonyl (C=O) groups is 1. The molecule has 140 valence electrons. The number of nitrogens with one attached hydrogen (secondary N) is 4. The largest absolute Gasteiger partial charge is 0.323 e. The molecule has 0 spiro atoms. The molecular formula is C17H15FN4O4S. The van der Waals surface area contributed by atoms with Crippen molar-refractivity contribution in [3.63, 3.8) is 0 Å². The van der Waals surface area contributed by atoms with E-state index in [9.17, 15) is 22.4 Å². The van der Waals surface area contributed by atoms with E-state index in [1.165, 1.54) is 18.2 Å². The number of sulfonamides is 1. The molecular weight excluding hydrogens is 375 g/mol. The second-order valence-electron chi connectivity index (χ2n) is 5.58. The number of imidazole rings is 1. The Kier molecular flexibility index (Phi) is 4.93. The van der Waals surface area contributed by atoms with Crippen LogP contribution in [0.5, 0.6) is 0 Å². The van der Waals surface area contributed by atoms with Gasteiger partial charge in [0.2, 0.25) is 10.0 Å². The van der Waals surface area contributed by atoms with Gasteiger partial charge in [-0.05, 0) is 36.4 Å². The van der Waals surface area contributed by atoms with Crippen LogP contribution in [-0.2, 0) is 10.0 Å². The SMILES string of the molecule is C=CCNS(=O)(=O)c1cc(C(=O)Nc2ccc3[nH]c(=O)[nH]c3c2)ccc1F. The summed E-state index contributed by atoms with van der Waals surface area (Å²) < 4.78 is 40.3. The third kappa shape index (κ3) is 3.96. The number of benzene rings is 2. The number of H-pyrrole nitrogens is 2. The highest BCUT2D eigenvalue weighted by atomic mass is 32.2. The van der Waals surface area contributed by atoms with Gasteiger partial charge in [-0.2, -0.15) is 0 Å². The first-order valence-electron chi connectivity index (χ1n) is 7.73. The minimum Gasteiger partial charge on any atom is -0.322 e.